The fourth-order valence-corrected chi connectivity index (χ4v) is 1.97. The highest BCUT2D eigenvalue weighted by Gasteiger charge is 2.05. The number of nitrogens with zero attached hydrogens (tertiary/aromatic N) is 1. The molecule has 1 aromatic carbocycles. The maximum atomic E-state index is 5.87. The second-order valence-corrected chi connectivity index (χ2v) is 4.32. The van der Waals surface area contributed by atoms with Crippen molar-refractivity contribution >= 4 is 23.1 Å². The summed E-state index contributed by atoms with van der Waals surface area (Å²) in [5.41, 5.74) is 3.63. The highest BCUT2D eigenvalue weighted by atomic mass is 35.5. The van der Waals surface area contributed by atoms with Crippen LogP contribution in [-0.4, -0.2) is 4.98 Å². The first-order valence-electron chi connectivity index (χ1n) is 5.68. The number of anilines is 2. The minimum atomic E-state index is 0.502. The fraction of sp³-hybridized carbons (Fsp3) is 0.214. The molecule has 3 heteroatoms. The van der Waals surface area contributed by atoms with Crippen LogP contribution in [0.3, 0.4) is 0 Å². The minimum Gasteiger partial charge on any atom is -0.340 e. The van der Waals surface area contributed by atoms with Gasteiger partial charge in [-0.15, -0.1) is 0 Å². The molecule has 0 bridgehead atoms. The van der Waals surface area contributed by atoms with E-state index < -0.39 is 0 Å². The summed E-state index contributed by atoms with van der Waals surface area (Å²) in [5, 5.41) is 3.84. The molecule has 2 aromatic rings. The third kappa shape index (κ3) is 2.77. The van der Waals surface area contributed by atoms with E-state index in [1.54, 1.807) is 6.07 Å². The Morgan fingerprint density at radius 3 is 2.65 bits per heavy atom. The number of para-hydroxylation sites is 1. The van der Waals surface area contributed by atoms with Crippen molar-refractivity contribution in [3.8, 4) is 0 Å². The lowest BCUT2D eigenvalue weighted by Gasteiger charge is -2.13. The number of hydrogen-bond donors (Lipinski definition) is 1. The van der Waals surface area contributed by atoms with E-state index in [4.69, 9.17) is 11.6 Å². The van der Waals surface area contributed by atoms with Gasteiger partial charge in [-0.25, -0.2) is 4.98 Å². The Kier molecular flexibility index (Phi) is 3.64. The van der Waals surface area contributed by atoms with Gasteiger partial charge in [0.2, 0.25) is 0 Å². The van der Waals surface area contributed by atoms with E-state index in [0.717, 1.165) is 17.9 Å². The molecule has 1 N–H and O–H groups in total. The van der Waals surface area contributed by atoms with Crippen molar-refractivity contribution < 1.29 is 0 Å². The summed E-state index contributed by atoms with van der Waals surface area (Å²) in [6.07, 6.45) is 0.991. The molecule has 0 saturated carbocycles. The molecule has 0 amide bonds. The minimum absolute atomic E-state index is 0.502. The second-order valence-electron chi connectivity index (χ2n) is 3.93. The zero-order valence-electron chi connectivity index (χ0n) is 10.00. The van der Waals surface area contributed by atoms with Crippen molar-refractivity contribution in [3.63, 3.8) is 0 Å². The smallest absolute Gasteiger partial charge is 0.132 e. The van der Waals surface area contributed by atoms with Crippen LogP contribution in [0.5, 0.6) is 0 Å². The number of pyridine rings is 1. The Labute approximate surface area is 107 Å². The number of halogens is 1. The quantitative estimate of drug-likeness (QED) is 0.815. The van der Waals surface area contributed by atoms with Crippen molar-refractivity contribution in [3.05, 3.63) is 52.7 Å². The predicted octanol–water partition coefficient (Wildman–Crippen LogP) is 4.35. The standard InChI is InChI=1S/C14H15ClN2/c1-3-11-7-4-6-10(2)14(11)17-13-9-5-8-12(15)16-13/h4-9H,3H2,1-2H3,(H,16,17). The summed E-state index contributed by atoms with van der Waals surface area (Å²) >= 11 is 5.87. The Morgan fingerprint density at radius 2 is 1.94 bits per heavy atom. The molecule has 0 atom stereocenters. The average molecular weight is 247 g/mol. The van der Waals surface area contributed by atoms with Crippen LogP contribution >= 0.6 is 11.6 Å². The van der Waals surface area contributed by atoms with E-state index in [1.807, 2.05) is 12.1 Å². The van der Waals surface area contributed by atoms with Crippen LogP contribution in [-0.2, 0) is 6.42 Å². The van der Waals surface area contributed by atoms with Gasteiger partial charge in [0.1, 0.15) is 11.0 Å². The van der Waals surface area contributed by atoms with Crippen molar-refractivity contribution in [1.29, 1.82) is 0 Å². The summed E-state index contributed by atoms with van der Waals surface area (Å²) in [7, 11) is 0. The number of nitrogens with one attached hydrogen (secondary N) is 1. The molecule has 0 aliphatic carbocycles. The van der Waals surface area contributed by atoms with Crippen molar-refractivity contribution in [2.75, 3.05) is 5.32 Å². The summed E-state index contributed by atoms with van der Waals surface area (Å²) < 4.78 is 0. The van der Waals surface area contributed by atoms with Crippen LogP contribution in [0, 0.1) is 6.92 Å². The second kappa shape index (κ2) is 5.19. The SMILES string of the molecule is CCc1cccc(C)c1Nc1cccc(Cl)n1. The van der Waals surface area contributed by atoms with E-state index in [1.165, 1.54) is 11.1 Å². The highest BCUT2D eigenvalue weighted by Crippen LogP contribution is 2.24. The normalized spacial score (nSPS) is 10.3. The van der Waals surface area contributed by atoms with Crippen molar-refractivity contribution in [2.45, 2.75) is 20.3 Å². The van der Waals surface area contributed by atoms with Gasteiger partial charge >= 0.3 is 0 Å². The summed E-state index contributed by atoms with van der Waals surface area (Å²) in [6, 6.07) is 11.9. The number of aromatic nitrogens is 1. The maximum Gasteiger partial charge on any atom is 0.132 e. The zero-order valence-corrected chi connectivity index (χ0v) is 10.8. The van der Waals surface area contributed by atoms with Gasteiger partial charge in [0, 0.05) is 5.69 Å². The molecule has 0 unspecified atom stereocenters. The van der Waals surface area contributed by atoms with Gasteiger partial charge in [-0.1, -0.05) is 42.8 Å². The lowest BCUT2D eigenvalue weighted by atomic mass is 10.1. The van der Waals surface area contributed by atoms with E-state index in [0.29, 0.717) is 5.15 Å². The van der Waals surface area contributed by atoms with Crippen LogP contribution in [0.1, 0.15) is 18.1 Å². The molecule has 1 aromatic heterocycles. The van der Waals surface area contributed by atoms with E-state index >= 15 is 0 Å². The first-order chi connectivity index (χ1) is 8.20. The fourth-order valence-electron chi connectivity index (χ4n) is 1.81. The molecule has 0 aliphatic rings. The van der Waals surface area contributed by atoms with Gasteiger partial charge < -0.3 is 5.32 Å². The Balaban J connectivity index is 2.35. The number of rotatable bonds is 3. The molecule has 88 valence electrons. The van der Waals surface area contributed by atoms with E-state index in [-0.39, 0.29) is 0 Å². The number of benzene rings is 1. The lowest BCUT2D eigenvalue weighted by molar-refractivity contribution is 1.13. The molecular formula is C14H15ClN2. The first-order valence-corrected chi connectivity index (χ1v) is 6.06. The third-order valence-corrected chi connectivity index (χ3v) is 2.92. The molecule has 2 nitrogen and oxygen atoms in total. The van der Waals surface area contributed by atoms with Crippen molar-refractivity contribution in [2.24, 2.45) is 0 Å². The molecule has 17 heavy (non-hydrogen) atoms. The molecular weight excluding hydrogens is 232 g/mol. The maximum absolute atomic E-state index is 5.87. The first kappa shape index (κ1) is 11.9. The molecule has 0 fully saturated rings. The van der Waals surface area contributed by atoms with E-state index in [9.17, 15) is 0 Å². The lowest BCUT2D eigenvalue weighted by Crippen LogP contribution is -1.99. The van der Waals surface area contributed by atoms with Crippen LogP contribution < -0.4 is 5.32 Å². The van der Waals surface area contributed by atoms with Gasteiger partial charge in [0.15, 0.2) is 0 Å². The number of aryl methyl sites for hydroxylation is 2. The van der Waals surface area contributed by atoms with Crippen LogP contribution in [0.25, 0.3) is 0 Å². The Hall–Kier alpha value is -1.54. The molecule has 0 aliphatic heterocycles. The Bertz CT molecular complexity index is 523. The summed E-state index contributed by atoms with van der Waals surface area (Å²) in [5.74, 6) is 0.779. The zero-order chi connectivity index (χ0) is 12.3. The molecule has 1 heterocycles. The molecule has 2 rings (SSSR count). The van der Waals surface area contributed by atoms with Crippen LogP contribution in [0.2, 0.25) is 5.15 Å². The van der Waals surface area contributed by atoms with E-state index in [2.05, 4.69) is 42.3 Å². The van der Waals surface area contributed by atoms with Gasteiger partial charge in [-0.2, -0.15) is 0 Å². The van der Waals surface area contributed by atoms with Crippen LogP contribution in [0.15, 0.2) is 36.4 Å². The predicted molar refractivity (Wildman–Crippen MR) is 73.1 cm³/mol. The topological polar surface area (TPSA) is 24.9 Å². The molecule has 0 spiro atoms. The van der Waals surface area contributed by atoms with Gasteiger partial charge in [-0.05, 0) is 36.6 Å². The van der Waals surface area contributed by atoms with Crippen molar-refractivity contribution in [1.82, 2.24) is 4.98 Å². The average Bonchev–Trinajstić information content (AvgIpc) is 2.32. The third-order valence-electron chi connectivity index (χ3n) is 2.71. The number of hydrogen-bond acceptors (Lipinski definition) is 2. The largest absolute Gasteiger partial charge is 0.340 e. The molecule has 0 radical (unpaired) electrons. The molecule has 0 saturated heterocycles. The van der Waals surface area contributed by atoms with Gasteiger partial charge in [0.25, 0.3) is 0 Å². The van der Waals surface area contributed by atoms with Gasteiger partial charge in [0.05, 0.1) is 0 Å². The highest BCUT2D eigenvalue weighted by molar-refractivity contribution is 6.29. The summed E-state index contributed by atoms with van der Waals surface area (Å²) in [4.78, 5) is 4.24. The van der Waals surface area contributed by atoms with Crippen LogP contribution in [0.4, 0.5) is 11.5 Å². The monoisotopic (exact) mass is 246 g/mol. The Morgan fingerprint density at radius 1 is 1.18 bits per heavy atom. The van der Waals surface area contributed by atoms with Gasteiger partial charge in [-0.3, -0.25) is 0 Å². The summed E-state index contributed by atoms with van der Waals surface area (Å²) in [6.45, 7) is 4.23.